The van der Waals surface area contributed by atoms with Gasteiger partial charge in [-0.15, -0.1) is 0 Å². The Morgan fingerprint density at radius 2 is 1.87 bits per heavy atom. The number of nitrogens with zero attached hydrogens (tertiary/aromatic N) is 2. The predicted molar refractivity (Wildman–Crippen MR) is 118 cm³/mol. The van der Waals surface area contributed by atoms with E-state index in [2.05, 4.69) is 22.6 Å². The molecule has 0 aromatic heterocycles. The SMILES string of the molecule is CCCC(=O)N(Cc1ccc2c(c1)OCO2)C1CC(=O)N(c2ccc(I)cc2)C1=O. The summed E-state index contributed by atoms with van der Waals surface area (Å²) in [5, 5.41) is 0. The summed E-state index contributed by atoms with van der Waals surface area (Å²) in [5.41, 5.74) is 1.34. The van der Waals surface area contributed by atoms with Gasteiger partial charge in [0.25, 0.3) is 5.91 Å². The van der Waals surface area contributed by atoms with Crippen LogP contribution < -0.4 is 14.4 Å². The van der Waals surface area contributed by atoms with Crippen LogP contribution in [0.15, 0.2) is 42.5 Å². The first kappa shape index (κ1) is 20.6. The third-order valence-electron chi connectivity index (χ3n) is 5.16. The molecule has 2 aromatic carbocycles. The first-order chi connectivity index (χ1) is 14.5. The van der Waals surface area contributed by atoms with Crippen LogP contribution in [0, 0.1) is 3.57 Å². The number of rotatable bonds is 6. The van der Waals surface area contributed by atoms with Crippen molar-refractivity contribution >= 4 is 46.0 Å². The standard InChI is InChI=1S/C22H21IN2O5/c1-2-3-20(26)24(12-14-4-9-18-19(10-14)30-13-29-18)17-11-21(27)25(22(17)28)16-7-5-15(23)6-8-16/h4-10,17H,2-3,11-13H2,1H3. The van der Waals surface area contributed by atoms with E-state index in [-0.39, 0.29) is 37.5 Å². The number of ether oxygens (including phenoxy) is 2. The van der Waals surface area contributed by atoms with Crippen LogP contribution >= 0.6 is 22.6 Å². The van der Waals surface area contributed by atoms with Gasteiger partial charge >= 0.3 is 0 Å². The number of benzene rings is 2. The summed E-state index contributed by atoms with van der Waals surface area (Å²) in [6.07, 6.45) is 0.947. The normalized spacial score (nSPS) is 17.5. The van der Waals surface area contributed by atoms with Gasteiger partial charge in [-0.1, -0.05) is 13.0 Å². The van der Waals surface area contributed by atoms with Gasteiger partial charge in [0.1, 0.15) is 6.04 Å². The van der Waals surface area contributed by atoms with Gasteiger partial charge < -0.3 is 14.4 Å². The Balaban J connectivity index is 1.60. The summed E-state index contributed by atoms with van der Waals surface area (Å²) in [5.74, 6) is 0.454. The number of hydrogen-bond donors (Lipinski definition) is 0. The van der Waals surface area contributed by atoms with E-state index in [9.17, 15) is 14.4 Å². The molecule has 0 N–H and O–H groups in total. The third-order valence-corrected chi connectivity index (χ3v) is 5.88. The van der Waals surface area contributed by atoms with Crippen molar-refractivity contribution in [2.75, 3.05) is 11.7 Å². The molecule has 1 fully saturated rings. The van der Waals surface area contributed by atoms with Crippen molar-refractivity contribution in [2.24, 2.45) is 0 Å². The minimum atomic E-state index is -0.818. The Morgan fingerprint density at radius 1 is 1.13 bits per heavy atom. The second-order valence-corrected chi connectivity index (χ2v) is 8.47. The van der Waals surface area contributed by atoms with Crippen molar-refractivity contribution in [3.05, 3.63) is 51.6 Å². The van der Waals surface area contributed by atoms with Crippen LogP contribution in [0.1, 0.15) is 31.7 Å². The molecule has 4 rings (SSSR count). The van der Waals surface area contributed by atoms with Crippen molar-refractivity contribution in [3.8, 4) is 11.5 Å². The van der Waals surface area contributed by atoms with Gasteiger partial charge in [-0.05, 0) is 71.0 Å². The largest absolute Gasteiger partial charge is 0.454 e. The third kappa shape index (κ3) is 4.00. The fourth-order valence-corrected chi connectivity index (χ4v) is 4.05. The van der Waals surface area contributed by atoms with Crippen molar-refractivity contribution in [1.29, 1.82) is 0 Å². The number of hydrogen-bond acceptors (Lipinski definition) is 5. The molecule has 30 heavy (non-hydrogen) atoms. The van der Waals surface area contributed by atoms with E-state index in [1.165, 1.54) is 9.80 Å². The molecular formula is C22H21IN2O5. The topological polar surface area (TPSA) is 76.2 Å². The van der Waals surface area contributed by atoms with Gasteiger partial charge in [-0.2, -0.15) is 0 Å². The molecule has 2 aromatic rings. The number of halogens is 1. The molecule has 7 nitrogen and oxygen atoms in total. The maximum absolute atomic E-state index is 13.2. The van der Waals surface area contributed by atoms with E-state index in [4.69, 9.17) is 9.47 Å². The molecule has 2 heterocycles. The molecule has 1 atom stereocenters. The minimum Gasteiger partial charge on any atom is -0.454 e. The van der Waals surface area contributed by atoms with Crippen LogP contribution in [-0.2, 0) is 20.9 Å². The maximum atomic E-state index is 13.2. The average Bonchev–Trinajstić information content (AvgIpc) is 3.31. The van der Waals surface area contributed by atoms with E-state index >= 15 is 0 Å². The van der Waals surface area contributed by atoms with Crippen molar-refractivity contribution in [1.82, 2.24) is 4.90 Å². The summed E-state index contributed by atoms with van der Waals surface area (Å²) in [6, 6.07) is 11.8. The molecular weight excluding hydrogens is 499 g/mol. The average molecular weight is 520 g/mol. The Hall–Kier alpha value is -2.62. The highest BCUT2D eigenvalue weighted by atomic mass is 127. The van der Waals surface area contributed by atoms with Crippen LogP contribution in [-0.4, -0.2) is 35.5 Å². The van der Waals surface area contributed by atoms with E-state index in [0.29, 0.717) is 30.0 Å². The molecule has 2 aliphatic rings. The van der Waals surface area contributed by atoms with Gasteiger partial charge in [0.05, 0.1) is 12.1 Å². The molecule has 1 saturated heterocycles. The molecule has 0 radical (unpaired) electrons. The summed E-state index contributed by atoms with van der Waals surface area (Å²) < 4.78 is 11.8. The lowest BCUT2D eigenvalue weighted by Gasteiger charge is -2.28. The van der Waals surface area contributed by atoms with Crippen LogP contribution in [0.3, 0.4) is 0 Å². The van der Waals surface area contributed by atoms with Crippen LogP contribution in [0.25, 0.3) is 0 Å². The van der Waals surface area contributed by atoms with Gasteiger partial charge in [0, 0.05) is 16.5 Å². The Labute approximate surface area is 188 Å². The van der Waals surface area contributed by atoms with E-state index in [1.807, 2.05) is 31.2 Å². The zero-order chi connectivity index (χ0) is 21.3. The van der Waals surface area contributed by atoms with E-state index in [1.54, 1.807) is 18.2 Å². The second-order valence-electron chi connectivity index (χ2n) is 7.22. The minimum absolute atomic E-state index is 0.0230. The second kappa shape index (κ2) is 8.63. The lowest BCUT2D eigenvalue weighted by atomic mass is 10.1. The fourth-order valence-electron chi connectivity index (χ4n) is 3.69. The molecule has 0 spiro atoms. The van der Waals surface area contributed by atoms with Crippen molar-refractivity contribution < 1.29 is 23.9 Å². The quantitative estimate of drug-likeness (QED) is 0.431. The highest BCUT2D eigenvalue weighted by Gasteiger charge is 2.44. The number of anilines is 1. The lowest BCUT2D eigenvalue weighted by Crippen LogP contribution is -2.45. The molecule has 0 bridgehead atoms. The van der Waals surface area contributed by atoms with Crippen LogP contribution in [0.5, 0.6) is 11.5 Å². The summed E-state index contributed by atoms with van der Waals surface area (Å²) in [7, 11) is 0. The van der Waals surface area contributed by atoms with Crippen LogP contribution in [0.2, 0.25) is 0 Å². The van der Waals surface area contributed by atoms with E-state index in [0.717, 1.165) is 9.13 Å². The Kier molecular flexibility index (Phi) is 5.94. The zero-order valence-corrected chi connectivity index (χ0v) is 18.6. The van der Waals surface area contributed by atoms with E-state index < -0.39 is 6.04 Å². The molecule has 2 aliphatic heterocycles. The number of carbonyl (C=O) groups is 3. The lowest BCUT2D eigenvalue weighted by molar-refractivity contribution is -0.139. The predicted octanol–water partition coefficient (Wildman–Crippen LogP) is 3.48. The number of amides is 3. The highest BCUT2D eigenvalue weighted by Crippen LogP contribution is 2.34. The monoisotopic (exact) mass is 520 g/mol. The molecule has 0 saturated carbocycles. The molecule has 0 aliphatic carbocycles. The molecule has 156 valence electrons. The fraction of sp³-hybridized carbons (Fsp3) is 0.318. The smallest absolute Gasteiger partial charge is 0.257 e. The van der Waals surface area contributed by atoms with Crippen LogP contribution in [0.4, 0.5) is 5.69 Å². The summed E-state index contributed by atoms with van der Waals surface area (Å²) >= 11 is 2.17. The molecule has 1 unspecified atom stereocenters. The molecule has 8 heteroatoms. The Bertz CT molecular complexity index is 992. The zero-order valence-electron chi connectivity index (χ0n) is 16.5. The number of imide groups is 1. The van der Waals surface area contributed by atoms with Gasteiger partial charge in [0.15, 0.2) is 11.5 Å². The summed E-state index contributed by atoms with van der Waals surface area (Å²) in [6.45, 7) is 2.30. The van der Waals surface area contributed by atoms with Crippen molar-refractivity contribution in [3.63, 3.8) is 0 Å². The van der Waals surface area contributed by atoms with Crippen molar-refractivity contribution in [2.45, 2.75) is 38.8 Å². The van der Waals surface area contributed by atoms with Gasteiger partial charge in [-0.25, -0.2) is 4.90 Å². The molecule has 3 amide bonds. The number of fused-ring (bicyclic) bond motifs is 1. The Morgan fingerprint density at radius 3 is 2.60 bits per heavy atom. The summed E-state index contributed by atoms with van der Waals surface area (Å²) in [4.78, 5) is 41.5. The van der Waals surface area contributed by atoms with Gasteiger partial charge in [0.2, 0.25) is 18.6 Å². The maximum Gasteiger partial charge on any atom is 0.257 e. The number of carbonyl (C=O) groups excluding carboxylic acids is 3. The van der Waals surface area contributed by atoms with Gasteiger partial charge in [-0.3, -0.25) is 14.4 Å². The first-order valence-electron chi connectivity index (χ1n) is 9.78. The highest BCUT2D eigenvalue weighted by molar-refractivity contribution is 14.1. The first-order valence-corrected chi connectivity index (χ1v) is 10.9.